The number of aromatic nitrogens is 1. The second kappa shape index (κ2) is 6.71. The van der Waals surface area contributed by atoms with E-state index in [-0.39, 0.29) is 0 Å². The number of hydrogen-bond donors (Lipinski definition) is 1. The Balaban J connectivity index is 2.12. The van der Waals surface area contributed by atoms with E-state index < -0.39 is 0 Å². The molecule has 3 nitrogen and oxygen atoms in total. The number of hydrogen-bond acceptors (Lipinski definition) is 4. The summed E-state index contributed by atoms with van der Waals surface area (Å²) in [5, 5.41) is 4.83. The van der Waals surface area contributed by atoms with Gasteiger partial charge in [0.2, 0.25) is 0 Å². The van der Waals surface area contributed by atoms with Crippen molar-refractivity contribution in [3.63, 3.8) is 0 Å². The maximum atomic E-state index is 4.90. The molecule has 108 valence electrons. The Morgan fingerprint density at radius 3 is 2.63 bits per heavy atom. The van der Waals surface area contributed by atoms with Crippen LogP contribution < -0.4 is 10.2 Å². The van der Waals surface area contributed by atoms with Crippen molar-refractivity contribution < 1.29 is 0 Å². The zero-order valence-corrected chi connectivity index (χ0v) is 13.5. The molecule has 1 fully saturated rings. The van der Waals surface area contributed by atoms with Crippen molar-refractivity contribution in [3.05, 3.63) is 10.6 Å². The second-order valence-electron chi connectivity index (χ2n) is 5.65. The van der Waals surface area contributed by atoms with Gasteiger partial charge in [-0.05, 0) is 40.0 Å². The zero-order chi connectivity index (χ0) is 13.8. The van der Waals surface area contributed by atoms with Crippen molar-refractivity contribution in [2.75, 3.05) is 11.4 Å². The normalized spacial score (nSPS) is 15.2. The molecule has 0 amide bonds. The monoisotopic (exact) mass is 281 g/mol. The van der Waals surface area contributed by atoms with Gasteiger partial charge < -0.3 is 10.2 Å². The average Bonchev–Trinajstić information content (AvgIpc) is 3.11. The second-order valence-corrected chi connectivity index (χ2v) is 6.71. The maximum absolute atomic E-state index is 4.90. The Morgan fingerprint density at radius 2 is 2.11 bits per heavy atom. The molecule has 2 rings (SSSR count). The molecule has 1 N–H and O–H groups in total. The molecule has 1 aromatic rings. The fourth-order valence-electron chi connectivity index (χ4n) is 2.31. The smallest absolute Gasteiger partial charge is 0.186 e. The van der Waals surface area contributed by atoms with E-state index in [2.05, 4.69) is 37.9 Å². The molecule has 1 heterocycles. The summed E-state index contributed by atoms with van der Waals surface area (Å²) < 4.78 is 0. The van der Waals surface area contributed by atoms with E-state index in [0.29, 0.717) is 6.04 Å². The van der Waals surface area contributed by atoms with Gasteiger partial charge in [0.25, 0.3) is 0 Å². The molecule has 0 saturated heterocycles. The Labute approximate surface area is 121 Å². The molecule has 1 aliphatic rings. The number of anilines is 1. The Hall–Kier alpha value is -0.610. The fourth-order valence-corrected chi connectivity index (χ4v) is 3.56. The highest BCUT2D eigenvalue weighted by molar-refractivity contribution is 7.15. The first kappa shape index (κ1) is 14.8. The summed E-state index contributed by atoms with van der Waals surface area (Å²) in [6.07, 6.45) is 4.98. The molecule has 1 aliphatic carbocycles. The molecule has 0 aliphatic heterocycles. The van der Waals surface area contributed by atoms with Gasteiger partial charge in [-0.1, -0.05) is 13.3 Å². The summed E-state index contributed by atoms with van der Waals surface area (Å²) in [4.78, 5) is 8.74. The van der Waals surface area contributed by atoms with E-state index in [1.807, 2.05) is 11.3 Å². The number of aryl methyl sites for hydroxylation is 1. The van der Waals surface area contributed by atoms with E-state index in [1.165, 1.54) is 35.0 Å². The van der Waals surface area contributed by atoms with E-state index in [0.717, 1.165) is 25.6 Å². The van der Waals surface area contributed by atoms with Crippen molar-refractivity contribution in [3.8, 4) is 0 Å². The first-order valence-electron chi connectivity index (χ1n) is 7.64. The van der Waals surface area contributed by atoms with Gasteiger partial charge in [0, 0.05) is 30.1 Å². The third kappa shape index (κ3) is 3.93. The highest BCUT2D eigenvalue weighted by atomic mass is 32.1. The topological polar surface area (TPSA) is 28.2 Å². The average molecular weight is 281 g/mol. The number of nitrogens with zero attached hydrogens (tertiary/aromatic N) is 2. The molecule has 0 spiro atoms. The Kier molecular flexibility index (Phi) is 5.22. The lowest BCUT2D eigenvalue weighted by atomic mass is 10.2. The summed E-state index contributed by atoms with van der Waals surface area (Å²) in [6, 6.07) is 1.29. The van der Waals surface area contributed by atoms with E-state index >= 15 is 0 Å². The molecule has 0 atom stereocenters. The van der Waals surface area contributed by atoms with Gasteiger partial charge in [-0.3, -0.25) is 0 Å². The van der Waals surface area contributed by atoms with Crippen LogP contribution in [0.1, 0.15) is 57.5 Å². The zero-order valence-electron chi connectivity index (χ0n) is 12.7. The summed E-state index contributed by atoms with van der Waals surface area (Å²) in [7, 11) is 0. The van der Waals surface area contributed by atoms with Gasteiger partial charge in [-0.2, -0.15) is 0 Å². The number of rotatable bonds is 8. The van der Waals surface area contributed by atoms with Crippen molar-refractivity contribution in [1.29, 1.82) is 0 Å². The lowest BCUT2D eigenvalue weighted by Gasteiger charge is -2.24. The summed E-state index contributed by atoms with van der Waals surface area (Å²) in [6.45, 7) is 11.0. The minimum Gasteiger partial charge on any atom is -0.346 e. The molecule has 1 saturated carbocycles. The first-order chi connectivity index (χ1) is 9.15. The molecule has 0 unspecified atom stereocenters. The van der Waals surface area contributed by atoms with Gasteiger partial charge >= 0.3 is 0 Å². The molecule has 0 radical (unpaired) electrons. The van der Waals surface area contributed by atoms with Crippen LogP contribution in [0.15, 0.2) is 0 Å². The minimum atomic E-state index is 0.523. The van der Waals surface area contributed by atoms with E-state index in [9.17, 15) is 0 Å². The van der Waals surface area contributed by atoms with Crippen molar-refractivity contribution >= 4 is 16.5 Å². The van der Waals surface area contributed by atoms with Crippen LogP contribution in [0.4, 0.5) is 5.13 Å². The highest BCUT2D eigenvalue weighted by Crippen LogP contribution is 2.29. The summed E-state index contributed by atoms with van der Waals surface area (Å²) in [5.74, 6) is 0. The van der Waals surface area contributed by atoms with Crippen molar-refractivity contribution in [2.45, 2.75) is 72.0 Å². The van der Waals surface area contributed by atoms with Crippen LogP contribution in [0.3, 0.4) is 0 Å². The van der Waals surface area contributed by atoms with E-state index in [4.69, 9.17) is 4.98 Å². The van der Waals surface area contributed by atoms with Crippen LogP contribution in [-0.4, -0.2) is 23.6 Å². The predicted molar refractivity (Wildman–Crippen MR) is 84.1 cm³/mol. The molecule has 19 heavy (non-hydrogen) atoms. The van der Waals surface area contributed by atoms with Crippen molar-refractivity contribution in [1.82, 2.24) is 10.3 Å². The maximum Gasteiger partial charge on any atom is 0.186 e. The van der Waals surface area contributed by atoms with Crippen molar-refractivity contribution in [2.24, 2.45) is 0 Å². The minimum absolute atomic E-state index is 0.523. The molecule has 1 aromatic heterocycles. The Bertz CT molecular complexity index is 396. The lowest BCUT2D eigenvalue weighted by molar-refractivity contribution is 0.684. The molecule has 4 heteroatoms. The molecule has 0 bridgehead atoms. The highest BCUT2D eigenvalue weighted by Gasteiger charge is 2.22. The first-order valence-corrected chi connectivity index (χ1v) is 8.45. The van der Waals surface area contributed by atoms with Gasteiger partial charge in [0.05, 0.1) is 5.69 Å². The standard InChI is InChI=1S/C15H27N3S/c1-5-7-13-14(10-16-12-8-9-12)19-15(17-13)18(6-2)11(3)4/h11-12,16H,5-10H2,1-4H3. The lowest BCUT2D eigenvalue weighted by Crippen LogP contribution is -2.30. The van der Waals surface area contributed by atoms with Crippen LogP contribution in [0.25, 0.3) is 0 Å². The van der Waals surface area contributed by atoms with Crippen LogP contribution in [0, 0.1) is 0 Å². The molecular weight excluding hydrogens is 254 g/mol. The van der Waals surface area contributed by atoms with Gasteiger partial charge in [-0.25, -0.2) is 4.98 Å². The van der Waals surface area contributed by atoms with Gasteiger partial charge in [-0.15, -0.1) is 11.3 Å². The van der Waals surface area contributed by atoms with Gasteiger partial charge in [0.15, 0.2) is 5.13 Å². The third-order valence-corrected chi connectivity index (χ3v) is 4.73. The fraction of sp³-hybridized carbons (Fsp3) is 0.800. The number of nitrogens with one attached hydrogen (secondary N) is 1. The third-order valence-electron chi connectivity index (χ3n) is 3.59. The summed E-state index contributed by atoms with van der Waals surface area (Å²) in [5.41, 5.74) is 1.31. The number of thiazole rings is 1. The van der Waals surface area contributed by atoms with Crippen LogP contribution in [-0.2, 0) is 13.0 Å². The van der Waals surface area contributed by atoms with Crippen LogP contribution in [0.5, 0.6) is 0 Å². The Morgan fingerprint density at radius 1 is 1.37 bits per heavy atom. The summed E-state index contributed by atoms with van der Waals surface area (Å²) >= 11 is 1.88. The molecular formula is C15H27N3S. The largest absolute Gasteiger partial charge is 0.346 e. The van der Waals surface area contributed by atoms with Crippen LogP contribution >= 0.6 is 11.3 Å². The molecule has 0 aromatic carbocycles. The predicted octanol–water partition coefficient (Wildman–Crippen LogP) is 3.58. The van der Waals surface area contributed by atoms with Crippen LogP contribution in [0.2, 0.25) is 0 Å². The van der Waals surface area contributed by atoms with E-state index in [1.54, 1.807) is 0 Å². The van der Waals surface area contributed by atoms with Gasteiger partial charge in [0.1, 0.15) is 0 Å². The SMILES string of the molecule is CCCc1nc(N(CC)C(C)C)sc1CNC1CC1. The quantitative estimate of drug-likeness (QED) is 0.789.